The van der Waals surface area contributed by atoms with Crippen molar-refractivity contribution in [1.29, 1.82) is 0 Å². The predicted octanol–water partition coefficient (Wildman–Crippen LogP) is 3.72. The Labute approximate surface area is 173 Å². The van der Waals surface area contributed by atoms with E-state index < -0.39 is 5.97 Å². The van der Waals surface area contributed by atoms with Crippen molar-refractivity contribution >= 4 is 39.8 Å². The van der Waals surface area contributed by atoms with Gasteiger partial charge in [-0.05, 0) is 56.2 Å². The van der Waals surface area contributed by atoms with E-state index >= 15 is 0 Å². The van der Waals surface area contributed by atoms with E-state index in [2.05, 4.69) is 5.32 Å². The van der Waals surface area contributed by atoms with Gasteiger partial charge in [0.1, 0.15) is 5.00 Å². The van der Waals surface area contributed by atoms with Crippen molar-refractivity contribution < 1.29 is 19.1 Å². The number of nitrogens with zero attached hydrogens (tertiary/aromatic N) is 1. The summed E-state index contributed by atoms with van der Waals surface area (Å²) in [5.41, 5.74) is 3.39. The average molecular weight is 413 g/mol. The Morgan fingerprint density at radius 1 is 1.21 bits per heavy atom. The lowest BCUT2D eigenvalue weighted by molar-refractivity contribution is -0.122. The number of fused-ring (bicyclic) bond motifs is 2. The number of thiophene rings is 1. The first kappa shape index (κ1) is 19.6. The second-order valence-electron chi connectivity index (χ2n) is 7.62. The maximum Gasteiger partial charge on any atom is 0.341 e. The number of benzene rings is 1. The normalized spacial score (nSPS) is 17.4. The molecule has 0 bridgehead atoms. The fourth-order valence-electron chi connectivity index (χ4n) is 4.24. The van der Waals surface area contributed by atoms with Crippen LogP contribution in [0.4, 0.5) is 10.7 Å². The summed E-state index contributed by atoms with van der Waals surface area (Å²) >= 11 is 1.44. The quantitative estimate of drug-likeness (QED) is 0.777. The topological polar surface area (TPSA) is 75.7 Å². The number of carbonyl (C=O) groups is 3. The maximum absolute atomic E-state index is 12.9. The molecule has 6 nitrogen and oxygen atoms in total. The van der Waals surface area contributed by atoms with E-state index in [1.807, 2.05) is 31.2 Å². The van der Waals surface area contributed by atoms with Gasteiger partial charge in [0.25, 0.3) is 5.91 Å². The number of amides is 2. The second kappa shape index (κ2) is 7.99. The summed E-state index contributed by atoms with van der Waals surface area (Å²) in [5, 5.41) is 3.29. The van der Waals surface area contributed by atoms with Gasteiger partial charge >= 0.3 is 5.97 Å². The van der Waals surface area contributed by atoms with E-state index in [0.29, 0.717) is 10.6 Å². The molecule has 2 aromatic rings. The van der Waals surface area contributed by atoms with Gasteiger partial charge in [0.15, 0.2) is 6.61 Å². The molecular formula is C22H24N2O4S. The molecule has 152 valence electrons. The molecule has 1 atom stereocenters. The fraction of sp³-hybridized carbons (Fsp3) is 0.409. The summed E-state index contributed by atoms with van der Waals surface area (Å²) in [5.74, 6) is -1.00. The molecule has 29 heavy (non-hydrogen) atoms. The molecule has 2 aliphatic rings. The minimum absolute atomic E-state index is 0.0300. The van der Waals surface area contributed by atoms with E-state index in [9.17, 15) is 14.4 Å². The van der Waals surface area contributed by atoms with Crippen LogP contribution in [-0.4, -0.2) is 30.4 Å². The Bertz CT molecular complexity index is 981. The lowest BCUT2D eigenvalue weighted by Crippen LogP contribution is -2.38. The van der Waals surface area contributed by atoms with Crippen LogP contribution in [0.2, 0.25) is 0 Å². The van der Waals surface area contributed by atoms with Crippen molar-refractivity contribution in [2.24, 2.45) is 0 Å². The number of esters is 1. The highest BCUT2D eigenvalue weighted by atomic mass is 32.1. The van der Waals surface area contributed by atoms with Crippen LogP contribution >= 0.6 is 11.3 Å². The maximum atomic E-state index is 12.9. The van der Waals surface area contributed by atoms with Crippen molar-refractivity contribution in [1.82, 2.24) is 0 Å². The molecule has 1 N–H and O–H groups in total. The van der Waals surface area contributed by atoms with Gasteiger partial charge in [-0.2, -0.15) is 0 Å². The van der Waals surface area contributed by atoms with Gasteiger partial charge in [0, 0.05) is 23.5 Å². The van der Waals surface area contributed by atoms with Crippen molar-refractivity contribution in [3.05, 3.63) is 45.8 Å². The first-order valence-corrected chi connectivity index (χ1v) is 10.8. The standard InChI is InChI=1S/C22H24N2O4S/c1-13-11-15-7-3-5-9-17(15)24(13)19(26)12-28-22(27)20-16-8-4-6-10-18(16)29-21(20)23-14(2)25/h3,5,7,9,13H,4,6,8,10-12H2,1-2H3,(H,23,25)/t13-/m1/s1. The highest BCUT2D eigenvalue weighted by molar-refractivity contribution is 7.17. The van der Waals surface area contributed by atoms with Crippen LogP contribution in [0, 0.1) is 0 Å². The van der Waals surface area contributed by atoms with Gasteiger partial charge in [-0.1, -0.05) is 18.2 Å². The molecule has 1 aromatic carbocycles. The molecule has 0 spiro atoms. The second-order valence-corrected chi connectivity index (χ2v) is 8.72. The van der Waals surface area contributed by atoms with Crippen LogP contribution in [0.25, 0.3) is 0 Å². The molecule has 2 amide bonds. The minimum atomic E-state index is -0.540. The summed E-state index contributed by atoms with van der Waals surface area (Å²) in [6.07, 6.45) is 4.57. The first-order chi connectivity index (χ1) is 14.0. The third-order valence-corrected chi connectivity index (χ3v) is 6.67. The van der Waals surface area contributed by atoms with Crippen LogP contribution in [0.5, 0.6) is 0 Å². The molecule has 2 heterocycles. The zero-order valence-electron chi connectivity index (χ0n) is 16.6. The van der Waals surface area contributed by atoms with Gasteiger partial charge in [0.2, 0.25) is 5.91 Å². The summed E-state index contributed by atoms with van der Waals surface area (Å²) in [6, 6.07) is 7.83. The Balaban J connectivity index is 1.51. The van der Waals surface area contributed by atoms with Crippen LogP contribution in [-0.2, 0) is 33.6 Å². The SMILES string of the molecule is CC(=O)Nc1sc2c(c1C(=O)OCC(=O)N1c3ccccc3C[C@H]1C)CCCC2. The lowest BCUT2D eigenvalue weighted by atomic mass is 9.95. The first-order valence-electron chi connectivity index (χ1n) is 9.95. The Hall–Kier alpha value is -2.67. The van der Waals surface area contributed by atoms with Gasteiger partial charge < -0.3 is 15.0 Å². The van der Waals surface area contributed by atoms with Gasteiger partial charge in [-0.25, -0.2) is 4.79 Å². The number of anilines is 2. The third kappa shape index (κ3) is 3.79. The molecule has 0 radical (unpaired) electrons. The lowest BCUT2D eigenvalue weighted by Gasteiger charge is -2.22. The van der Waals surface area contributed by atoms with E-state index in [4.69, 9.17) is 4.74 Å². The Morgan fingerprint density at radius 3 is 2.76 bits per heavy atom. The van der Waals surface area contributed by atoms with Gasteiger partial charge in [-0.3, -0.25) is 9.59 Å². The van der Waals surface area contributed by atoms with Crippen LogP contribution in [0.3, 0.4) is 0 Å². The summed E-state index contributed by atoms with van der Waals surface area (Å²) in [7, 11) is 0. The number of para-hydroxylation sites is 1. The van der Waals surface area contributed by atoms with E-state index in [0.717, 1.165) is 53.8 Å². The molecule has 0 fully saturated rings. The molecule has 0 saturated carbocycles. The van der Waals surface area contributed by atoms with Crippen LogP contribution < -0.4 is 10.2 Å². The molecule has 4 rings (SSSR count). The zero-order valence-corrected chi connectivity index (χ0v) is 17.4. The molecular weight excluding hydrogens is 388 g/mol. The van der Waals surface area contributed by atoms with Gasteiger partial charge in [-0.15, -0.1) is 11.3 Å². The number of aryl methyl sites for hydroxylation is 1. The Kier molecular flexibility index (Phi) is 5.41. The third-order valence-electron chi connectivity index (χ3n) is 5.47. The fourth-order valence-corrected chi connectivity index (χ4v) is 5.57. The largest absolute Gasteiger partial charge is 0.452 e. The number of ether oxygens (including phenoxy) is 1. The van der Waals surface area contributed by atoms with E-state index in [-0.39, 0.29) is 24.5 Å². The summed E-state index contributed by atoms with van der Waals surface area (Å²) in [4.78, 5) is 40.1. The number of rotatable bonds is 4. The molecule has 0 saturated heterocycles. The van der Waals surface area contributed by atoms with Crippen molar-refractivity contribution in [3.8, 4) is 0 Å². The molecule has 1 aromatic heterocycles. The minimum Gasteiger partial charge on any atom is -0.452 e. The molecule has 0 unspecified atom stereocenters. The highest BCUT2D eigenvalue weighted by Gasteiger charge is 2.32. The molecule has 1 aliphatic carbocycles. The average Bonchev–Trinajstić information content (AvgIpc) is 3.21. The van der Waals surface area contributed by atoms with Gasteiger partial charge in [0.05, 0.1) is 5.56 Å². The molecule has 7 heteroatoms. The zero-order chi connectivity index (χ0) is 20.5. The van der Waals surface area contributed by atoms with Crippen molar-refractivity contribution in [2.45, 2.75) is 52.0 Å². The molecule has 1 aliphatic heterocycles. The number of hydrogen-bond acceptors (Lipinski definition) is 5. The highest BCUT2D eigenvalue weighted by Crippen LogP contribution is 2.38. The van der Waals surface area contributed by atoms with E-state index in [1.165, 1.54) is 18.3 Å². The predicted molar refractivity (Wildman–Crippen MR) is 113 cm³/mol. The number of carbonyl (C=O) groups excluding carboxylic acids is 3. The number of hydrogen-bond donors (Lipinski definition) is 1. The van der Waals surface area contributed by atoms with Crippen molar-refractivity contribution in [3.63, 3.8) is 0 Å². The summed E-state index contributed by atoms with van der Waals surface area (Å²) < 4.78 is 5.44. The van der Waals surface area contributed by atoms with Crippen LogP contribution in [0.1, 0.15) is 53.1 Å². The monoisotopic (exact) mass is 412 g/mol. The smallest absolute Gasteiger partial charge is 0.341 e. The van der Waals surface area contributed by atoms with E-state index in [1.54, 1.807) is 4.90 Å². The number of nitrogens with one attached hydrogen (secondary N) is 1. The van der Waals surface area contributed by atoms with Crippen LogP contribution in [0.15, 0.2) is 24.3 Å². The Morgan fingerprint density at radius 2 is 1.97 bits per heavy atom. The summed E-state index contributed by atoms with van der Waals surface area (Å²) in [6.45, 7) is 3.09. The van der Waals surface area contributed by atoms with Crippen molar-refractivity contribution in [2.75, 3.05) is 16.8 Å².